The van der Waals surface area contributed by atoms with Gasteiger partial charge < -0.3 is 10.4 Å². The van der Waals surface area contributed by atoms with E-state index < -0.39 is 11.9 Å². The zero-order valence-electron chi connectivity index (χ0n) is 11.9. The standard InChI is InChI=1S/C15H25NO3/c1-3-10-7-11(12(8-10)14(18)19)13(17)16-9-15(2)5-4-6-15/h10-12H,3-9H2,1-2H3,(H,16,17)(H,18,19). The van der Waals surface area contributed by atoms with Gasteiger partial charge in [-0.25, -0.2) is 0 Å². The van der Waals surface area contributed by atoms with Crippen LogP contribution in [0.4, 0.5) is 0 Å². The molecule has 0 aromatic rings. The number of aliphatic carboxylic acids is 1. The third-order valence-corrected chi connectivity index (χ3v) is 5.14. The van der Waals surface area contributed by atoms with Gasteiger partial charge in [-0.15, -0.1) is 0 Å². The lowest BCUT2D eigenvalue weighted by atomic mass is 9.70. The summed E-state index contributed by atoms with van der Waals surface area (Å²) in [4.78, 5) is 23.5. The third-order valence-electron chi connectivity index (χ3n) is 5.14. The average molecular weight is 267 g/mol. The van der Waals surface area contributed by atoms with E-state index in [-0.39, 0.29) is 17.2 Å². The van der Waals surface area contributed by atoms with Gasteiger partial charge in [0.2, 0.25) is 5.91 Å². The maximum Gasteiger partial charge on any atom is 0.307 e. The van der Waals surface area contributed by atoms with Gasteiger partial charge in [-0.05, 0) is 37.0 Å². The quantitative estimate of drug-likeness (QED) is 0.804. The molecule has 2 aliphatic rings. The minimum absolute atomic E-state index is 0.0449. The fourth-order valence-electron chi connectivity index (χ4n) is 3.43. The maximum atomic E-state index is 12.2. The van der Waals surface area contributed by atoms with Crippen molar-refractivity contribution in [1.82, 2.24) is 5.32 Å². The smallest absolute Gasteiger partial charge is 0.307 e. The van der Waals surface area contributed by atoms with Crippen molar-refractivity contribution in [2.24, 2.45) is 23.2 Å². The van der Waals surface area contributed by atoms with E-state index in [0.717, 1.165) is 25.7 Å². The molecule has 2 fully saturated rings. The van der Waals surface area contributed by atoms with Gasteiger partial charge >= 0.3 is 5.97 Å². The minimum atomic E-state index is -0.814. The molecule has 108 valence electrons. The summed E-state index contributed by atoms with van der Waals surface area (Å²) in [5.41, 5.74) is 0.247. The van der Waals surface area contributed by atoms with Crippen molar-refractivity contribution in [2.75, 3.05) is 6.54 Å². The first-order chi connectivity index (χ1) is 8.95. The summed E-state index contributed by atoms with van der Waals surface area (Å²) >= 11 is 0. The van der Waals surface area contributed by atoms with Crippen LogP contribution in [0.2, 0.25) is 0 Å². The number of carbonyl (C=O) groups excluding carboxylic acids is 1. The van der Waals surface area contributed by atoms with Crippen molar-refractivity contribution in [3.05, 3.63) is 0 Å². The summed E-state index contributed by atoms with van der Waals surface area (Å²) in [5, 5.41) is 12.2. The lowest BCUT2D eigenvalue weighted by Gasteiger charge is -2.38. The Balaban J connectivity index is 1.91. The fraction of sp³-hybridized carbons (Fsp3) is 0.867. The van der Waals surface area contributed by atoms with Gasteiger partial charge in [0.1, 0.15) is 0 Å². The van der Waals surface area contributed by atoms with Crippen LogP contribution in [-0.2, 0) is 9.59 Å². The number of carbonyl (C=O) groups is 2. The second-order valence-corrected chi connectivity index (χ2v) is 6.68. The summed E-state index contributed by atoms with van der Waals surface area (Å²) in [7, 11) is 0. The molecule has 2 aliphatic carbocycles. The first-order valence-electron chi connectivity index (χ1n) is 7.46. The van der Waals surface area contributed by atoms with Gasteiger partial charge in [0, 0.05) is 6.54 Å². The second-order valence-electron chi connectivity index (χ2n) is 6.68. The van der Waals surface area contributed by atoms with E-state index in [0.29, 0.717) is 18.9 Å². The molecular formula is C15H25NO3. The Morgan fingerprint density at radius 3 is 2.37 bits per heavy atom. The Morgan fingerprint density at radius 1 is 1.26 bits per heavy atom. The second kappa shape index (κ2) is 5.51. The molecule has 0 saturated heterocycles. The zero-order chi connectivity index (χ0) is 14.0. The monoisotopic (exact) mass is 267 g/mol. The molecule has 0 radical (unpaired) electrons. The number of carboxylic acid groups (broad SMARTS) is 1. The summed E-state index contributed by atoms with van der Waals surface area (Å²) in [6.45, 7) is 4.96. The van der Waals surface area contributed by atoms with Gasteiger partial charge in [-0.3, -0.25) is 9.59 Å². The van der Waals surface area contributed by atoms with Gasteiger partial charge in [0.25, 0.3) is 0 Å². The Kier molecular flexibility index (Phi) is 4.16. The van der Waals surface area contributed by atoms with E-state index in [1.54, 1.807) is 0 Å². The Morgan fingerprint density at radius 2 is 1.89 bits per heavy atom. The average Bonchev–Trinajstić information content (AvgIpc) is 2.78. The highest BCUT2D eigenvalue weighted by atomic mass is 16.4. The molecule has 0 aliphatic heterocycles. The summed E-state index contributed by atoms with van der Waals surface area (Å²) in [5.74, 6) is -1.29. The number of rotatable bonds is 5. The third kappa shape index (κ3) is 3.10. The molecule has 19 heavy (non-hydrogen) atoms. The zero-order valence-corrected chi connectivity index (χ0v) is 11.9. The lowest BCUT2D eigenvalue weighted by Crippen LogP contribution is -2.43. The summed E-state index contributed by atoms with van der Waals surface area (Å²) < 4.78 is 0. The van der Waals surface area contributed by atoms with Gasteiger partial charge in [-0.2, -0.15) is 0 Å². The highest BCUT2D eigenvalue weighted by molar-refractivity contribution is 5.85. The van der Waals surface area contributed by atoms with Crippen LogP contribution >= 0.6 is 0 Å². The SMILES string of the molecule is CCC1CC(C(=O)O)C(C(=O)NCC2(C)CCC2)C1. The number of nitrogens with one attached hydrogen (secondary N) is 1. The summed E-state index contributed by atoms with van der Waals surface area (Å²) in [6.07, 6.45) is 5.92. The van der Waals surface area contributed by atoms with Crippen molar-refractivity contribution < 1.29 is 14.7 Å². The van der Waals surface area contributed by atoms with Crippen LogP contribution in [0.15, 0.2) is 0 Å². The molecule has 2 saturated carbocycles. The maximum absolute atomic E-state index is 12.2. The van der Waals surface area contributed by atoms with Crippen molar-refractivity contribution >= 4 is 11.9 Å². The van der Waals surface area contributed by atoms with Crippen LogP contribution in [-0.4, -0.2) is 23.5 Å². The fourth-order valence-corrected chi connectivity index (χ4v) is 3.43. The van der Waals surface area contributed by atoms with Crippen LogP contribution in [0.3, 0.4) is 0 Å². The van der Waals surface area contributed by atoms with E-state index >= 15 is 0 Å². The van der Waals surface area contributed by atoms with E-state index in [4.69, 9.17) is 0 Å². The lowest BCUT2D eigenvalue weighted by molar-refractivity contribution is -0.146. The first-order valence-corrected chi connectivity index (χ1v) is 7.46. The Bertz CT molecular complexity index is 362. The topological polar surface area (TPSA) is 66.4 Å². The normalized spacial score (nSPS) is 32.6. The predicted octanol–water partition coefficient (Wildman–Crippen LogP) is 2.43. The van der Waals surface area contributed by atoms with Crippen LogP contribution in [0, 0.1) is 23.2 Å². The molecule has 0 bridgehead atoms. The Labute approximate surface area is 115 Å². The predicted molar refractivity (Wildman–Crippen MR) is 72.6 cm³/mol. The molecule has 3 atom stereocenters. The largest absolute Gasteiger partial charge is 0.481 e. The minimum Gasteiger partial charge on any atom is -0.481 e. The van der Waals surface area contributed by atoms with Crippen molar-refractivity contribution in [2.45, 2.75) is 52.4 Å². The van der Waals surface area contributed by atoms with Crippen molar-refractivity contribution in [1.29, 1.82) is 0 Å². The molecule has 4 heteroatoms. The Hall–Kier alpha value is -1.06. The van der Waals surface area contributed by atoms with E-state index in [1.807, 2.05) is 0 Å². The molecule has 2 rings (SSSR count). The molecule has 2 N–H and O–H groups in total. The first kappa shape index (κ1) is 14.4. The number of carboxylic acids is 1. The van der Waals surface area contributed by atoms with E-state index in [9.17, 15) is 14.7 Å². The van der Waals surface area contributed by atoms with Crippen LogP contribution in [0.1, 0.15) is 52.4 Å². The summed E-state index contributed by atoms with van der Waals surface area (Å²) in [6, 6.07) is 0. The molecule has 0 aromatic carbocycles. The van der Waals surface area contributed by atoms with Gasteiger partial charge in [0.15, 0.2) is 0 Å². The van der Waals surface area contributed by atoms with E-state index in [2.05, 4.69) is 19.2 Å². The molecule has 1 amide bonds. The molecule has 0 aromatic heterocycles. The highest BCUT2D eigenvalue weighted by Gasteiger charge is 2.42. The number of hydrogen-bond acceptors (Lipinski definition) is 2. The van der Waals surface area contributed by atoms with Gasteiger partial charge in [0.05, 0.1) is 11.8 Å². The van der Waals surface area contributed by atoms with Crippen molar-refractivity contribution in [3.8, 4) is 0 Å². The van der Waals surface area contributed by atoms with Crippen molar-refractivity contribution in [3.63, 3.8) is 0 Å². The molecule has 4 nitrogen and oxygen atoms in total. The van der Waals surface area contributed by atoms with Crippen LogP contribution in [0.5, 0.6) is 0 Å². The van der Waals surface area contributed by atoms with Crippen LogP contribution < -0.4 is 5.32 Å². The van der Waals surface area contributed by atoms with Gasteiger partial charge in [-0.1, -0.05) is 26.7 Å². The highest BCUT2D eigenvalue weighted by Crippen LogP contribution is 2.41. The molecule has 3 unspecified atom stereocenters. The molecule has 0 spiro atoms. The number of amides is 1. The number of hydrogen-bond donors (Lipinski definition) is 2. The molecule has 0 heterocycles. The van der Waals surface area contributed by atoms with Crippen LogP contribution in [0.25, 0.3) is 0 Å². The van der Waals surface area contributed by atoms with E-state index in [1.165, 1.54) is 6.42 Å². The molecular weight excluding hydrogens is 242 g/mol.